The lowest BCUT2D eigenvalue weighted by Crippen LogP contribution is -2.08. The fourth-order valence-electron chi connectivity index (χ4n) is 1.84. The van der Waals surface area contributed by atoms with E-state index in [1.165, 1.54) is 13.2 Å². The Kier molecular flexibility index (Phi) is 4.24. The second kappa shape index (κ2) is 6.10. The van der Waals surface area contributed by atoms with Crippen LogP contribution in [0.4, 0.5) is 0 Å². The zero-order valence-electron chi connectivity index (χ0n) is 11.4. The van der Waals surface area contributed by atoms with E-state index in [0.717, 1.165) is 12.4 Å². The number of aromatic nitrogens is 2. The Morgan fingerprint density at radius 2 is 2.25 bits per heavy atom. The Balaban J connectivity index is 2.21. The maximum Gasteiger partial charge on any atom is 0.339 e. The quantitative estimate of drug-likeness (QED) is 0.875. The molecule has 2 rings (SSSR count). The van der Waals surface area contributed by atoms with Crippen LogP contribution in [0.5, 0.6) is 11.5 Å². The first-order valence-corrected chi connectivity index (χ1v) is 6.19. The molecule has 1 heterocycles. The molecule has 1 N–H and O–H groups in total. The maximum absolute atomic E-state index is 11.2. The van der Waals surface area contributed by atoms with Crippen LogP contribution in [0.15, 0.2) is 30.6 Å². The summed E-state index contributed by atoms with van der Waals surface area (Å²) < 4.78 is 12.6. The highest BCUT2D eigenvalue weighted by Gasteiger charge is 2.13. The Hall–Kier alpha value is -2.50. The van der Waals surface area contributed by atoms with E-state index in [0.29, 0.717) is 5.75 Å². The van der Waals surface area contributed by atoms with Crippen LogP contribution in [-0.4, -0.2) is 27.7 Å². The van der Waals surface area contributed by atoms with Gasteiger partial charge in [0.05, 0.1) is 7.11 Å². The van der Waals surface area contributed by atoms with Crippen LogP contribution in [0.3, 0.4) is 0 Å². The maximum atomic E-state index is 11.2. The highest BCUT2D eigenvalue weighted by atomic mass is 16.5. The van der Waals surface area contributed by atoms with Crippen molar-refractivity contribution in [1.29, 1.82) is 0 Å². The first-order chi connectivity index (χ1) is 9.65. The van der Waals surface area contributed by atoms with Gasteiger partial charge in [-0.3, -0.25) is 0 Å². The largest absolute Gasteiger partial charge is 0.497 e. The molecule has 0 atom stereocenters. The van der Waals surface area contributed by atoms with Crippen LogP contribution in [0.25, 0.3) is 0 Å². The molecule has 6 nitrogen and oxygen atoms in total. The predicted octanol–water partition coefficient (Wildman–Crippen LogP) is 2.19. The van der Waals surface area contributed by atoms with E-state index in [4.69, 9.17) is 14.6 Å². The number of methoxy groups -OCH3 is 1. The number of carboxylic acid groups (broad SMARTS) is 1. The molecule has 20 heavy (non-hydrogen) atoms. The second-order valence-electron chi connectivity index (χ2n) is 4.09. The van der Waals surface area contributed by atoms with E-state index in [-0.39, 0.29) is 17.9 Å². The highest BCUT2D eigenvalue weighted by Crippen LogP contribution is 2.25. The number of hydrogen-bond donors (Lipinski definition) is 1. The SMILES string of the molecule is CCn1ccnc1COc1cc(OC)ccc1C(=O)O. The number of rotatable bonds is 6. The van der Waals surface area contributed by atoms with Crippen molar-refractivity contribution in [2.75, 3.05) is 7.11 Å². The van der Waals surface area contributed by atoms with Crippen molar-refractivity contribution in [3.8, 4) is 11.5 Å². The smallest absolute Gasteiger partial charge is 0.339 e. The number of benzene rings is 1. The van der Waals surface area contributed by atoms with Gasteiger partial charge in [0.1, 0.15) is 29.5 Å². The first kappa shape index (κ1) is 13.9. The number of nitrogens with zero attached hydrogens (tertiary/aromatic N) is 2. The minimum atomic E-state index is -1.04. The minimum absolute atomic E-state index is 0.0976. The third-order valence-electron chi connectivity index (χ3n) is 2.92. The molecule has 2 aromatic rings. The summed E-state index contributed by atoms with van der Waals surface area (Å²) in [6, 6.07) is 4.61. The summed E-state index contributed by atoms with van der Waals surface area (Å²) in [7, 11) is 1.52. The molecule has 0 aliphatic heterocycles. The third kappa shape index (κ3) is 2.90. The molecule has 0 saturated heterocycles. The Labute approximate surface area is 116 Å². The summed E-state index contributed by atoms with van der Waals surface area (Å²) in [4.78, 5) is 15.3. The number of hydrogen-bond acceptors (Lipinski definition) is 4. The van der Waals surface area contributed by atoms with Crippen LogP contribution >= 0.6 is 0 Å². The predicted molar refractivity (Wildman–Crippen MR) is 72.2 cm³/mol. The van der Waals surface area contributed by atoms with Crippen LogP contribution < -0.4 is 9.47 Å². The molecule has 0 saturated carbocycles. The number of imidazole rings is 1. The number of aromatic carboxylic acids is 1. The lowest BCUT2D eigenvalue weighted by molar-refractivity contribution is 0.0691. The topological polar surface area (TPSA) is 73.6 Å². The van der Waals surface area contributed by atoms with Gasteiger partial charge >= 0.3 is 5.97 Å². The average Bonchev–Trinajstić information content (AvgIpc) is 2.91. The Bertz CT molecular complexity index is 607. The van der Waals surface area contributed by atoms with Gasteiger partial charge in [0.25, 0.3) is 0 Å². The fourth-order valence-corrected chi connectivity index (χ4v) is 1.84. The van der Waals surface area contributed by atoms with Crippen molar-refractivity contribution in [3.63, 3.8) is 0 Å². The van der Waals surface area contributed by atoms with Crippen LogP contribution in [0.2, 0.25) is 0 Å². The standard InChI is InChI=1S/C14H16N2O4/c1-3-16-7-6-15-13(16)9-20-12-8-10(19-2)4-5-11(12)14(17)18/h4-8H,3,9H2,1-2H3,(H,17,18). The molecule has 1 aromatic carbocycles. The fraction of sp³-hybridized carbons (Fsp3) is 0.286. The lowest BCUT2D eigenvalue weighted by Gasteiger charge is -2.11. The van der Waals surface area contributed by atoms with Crippen molar-refractivity contribution < 1.29 is 19.4 Å². The second-order valence-corrected chi connectivity index (χ2v) is 4.09. The number of carboxylic acids is 1. The molecule has 106 valence electrons. The zero-order chi connectivity index (χ0) is 14.5. The van der Waals surface area contributed by atoms with E-state index in [2.05, 4.69) is 4.98 Å². The van der Waals surface area contributed by atoms with Crippen LogP contribution in [0.1, 0.15) is 23.1 Å². The van der Waals surface area contributed by atoms with Gasteiger partial charge in [0.15, 0.2) is 0 Å². The zero-order valence-corrected chi connectivity index (χ0v) is 11.4. The molecular weight excluding hydrogens is 260 g/mol. The molecule has 0 aliphatic rings. The number of carbonyl (C=O) groups is 1. The molecule has 0 radical (unpaired) electrons. The molecule has 0 unspecified atom stereocenters. The van der Waals surface area contributed by atoms with E-state index in [1.807, 2.05) is 17.7 Å². The summed E-state index contributed by atoms with van der Waals surface area (Å²) in [5, 5.41) is 9.15. The van der Waals surface area contributed by atoms with E-state index < -0.39 is 5.97 Å². The number of ether oxygens (including phenoxy) is 2. The lowest BCUT2D eigenvalue weighted by atomic mass is 10.2. The minimum Gasteiger partial charge on any atom is -0.497 e. The van der Waals surface area contributed by atoms with E-state index in [9.17, 15) is 4.79 Å². The Morgan fingerprint density at radius 1 is 1.45 bits per heavy atom. The van der Waals surface area contributed by atoms with Crippen molar-refractivity contribution >= 4 is 5.97 Å². The monoisotopic (exact) mass is 276 g/mol. The third-order valence-corrected chi connectivity index (χ3v) is 2.92. The average molecular weight is 276 g/mol. The van der Waals surface area contributed by atoms with E-state index in [1.54, 1.807) is 18.3 Å². The van der Waals surface area contributed by atoms with Crippen molar-refractivity contribution in [2.45, 2.75) is 20.1 Å². The van der Waals surface area contributed by atoms with Crippen molar-refractivity contribution in [3.05, 3.63) is 42.0 Å². The van der Waals surface area contributed by atoms with Crippen LogP contribution in [-0.2, 0) is 13.2 Å². The molecule has 1 aromatic heterocycles. The van der Waals surface area contributed by atoms with Crippen molar-refractivity contribution in [2.24, 2.45) is 0 Å². The summed E-state index contributed by atoms with van der Waals surface area (Å²) in [5.41, 5.74) is 0.0976. The summed E-state index contributed by atoms with van der Waals surface area (Å²) >= 11 is 0. The molecule has 0 bridgehead atoms. The number of aryl methyl sites for hydroxylation is 1. The van der Waals surface area contributed by atoms with Crippen molar-refractivity contribution in [1.82, 2.24) is 9.55 Å². The van der Waals surface area contributed by atoms with Gasteiger partial charge in [0.2, 0.25) is 0 Å². The molecule has 0 fully saturated rings. The van der Waals surface area contributed by atoms with Gasteiger partial charge in [0, 0.05) is 25.0 Å². The summed E-state index contributed by atoms with van der Waals surface area (Å²) in [6.07, 6.45) is 3.54. The normalized spacial score (nSPS) is 10.3. The highest BCUT2D eigenvalue weighted by molar-refractivity contribution is 5.91. The van der Waals surface area contributed by atoms with Crippen LogP contribution in [0, 0.1) is 0 Å². The first-order valence-electron chi connectivity index (χ1n) is 6.19. The molecule has 0 amide bonds. The molecular formula is C14H16N2O4. The van der Waals surface area contributed by atoms with Gasteiger partial charge < -0.3 is 19.1 Å². The molecule has 0 spiro atoms. The van der Waals surface area contributed by atoms with Gasteiger partial charge in [-0.1, -0.05) is 0 Å². The van der Waals surface area contributed by atoms with Gasteiger partial charge in [-0.25, -0.2) is 9.78 Å². The van der Waals surface area contributed by atoms with Gasteiger partial charge in [-0.05, 0) is 19.1 Å². The molecule has 0 aliphatic carbocycles. The summed E-state index contributed by atoms with van der Waals surface area (Å²) in [5.74, 6) is 0.513. The van der Waals surface area contributed by atoms with Gasteiger partial charge in [-0.15, -0.1) is 0 Å². The van der Waals surface area contributed by atoms with Gasteiger partial charge in [-0.2, -0.15) is 0 Å². The molecule has 6 heteroatoms. The Morgan fingerprint density at radius 3 is 2.90 bits per heavy atom. The van der Waals surface area contributed by atoms with E-state index >= 15 is 0 Å². The summed E-state index contributed by atoms with van der Waals surface area (Å²) in [6.45, 7) is 2.98.